The van der Waals surface area contributed by atoms with Crippen LogP contribution in [0.2, 0.25) is 0 Å². The normalized spacial score (nSPS) is 24.7. The minimum absolute atomic E-state index is 0.0428. The number of benzene rings is 1. The maximum atomic E-state index is 13.0. The summed E-state index contributed by atoms with van der Waals surface area (Å²) >= 11 is 1.39. The second kappa shape index (κ2) is 6.46. The van der Waals surface area contributed by atoms with E-state index in [2.05, 4.69) is 4.98 Å². The van der Waals surface area contributed by atoms with Crippen LogP contribution in [0.5, 0.6) is 0 Å². The van der Waals surface area contributed by atoms with Gasteiger partial charge in [-0.05, 0) is 36.5 Å². The summed E-state index contributed by atoms with van der Waals surface area (Å²) in [5, 5.41) is 12.2. The molecule has 5 nitrogen and oxygen atoms in total. The van der Waals surface area contributed by atoms with Gasteiger partial charge in [0.15, 0.2) is 0 Å². The molecule has 1 aliphatic heterocycles. The molecule has 2 aromatic rings. The number of rotatable bonds is 4. The van der Waals surface area contributed by atoms with Gasteiger partial charge in [0.1, 0.15) is 11.5 Å². The monoisotopic (exact) mass is 374 g/mol. The molecular weight excluding hydrogens is 355 g/mol. The molecule has 1 saturated heterocycles. The molecule has 2 fully saturated rings. The Labute approximate surface area is 154 Å². The summed E-state index contributed by atoms with van der Waals surface area (Å²) in [6.07, 6.45) is 2.96. The van der Waals surface area contributed by atoms with E-state index in [4.69, 9.17) is 0 Å². The predicted molar refractivity (Wildman–Crippen MR) is 94.6 cm³/mol. The van der Waals surface area contributed by atoms with Gasteiger partial charge in [0.2, 0.25) is 0 Å². The lowest BCUT2D eigenvalue weighted by Crippen LogP contribution is -2.37. The van der Waals surface area contributed by atoms with Gasteiger partial charge < -0.3 is 10.0 Å². The Morgan fingerprint density at radius 1 is 1.35 bits per heavy atom. The third-order valence-corrected chi connectivity index (χ3v) is 6.47. The van der Waals surface area contributed by atoms with Crippen LogP contribution >= 0.6 is 11.3 Å². The van der Waals surface area contributed by atoms with Crippen molar-refractivity contribution in [1.82, 2.24) is 9.88 Å². The zero-order valence-electron chi connectivity index (χ0n) is 14.2. The second-order valence-electron chi connectivity index (χ2n) is 7.17. The lowest BCUT2D eigenvalue weighted by molar-refractivity contribution is -0.149. The van der Waals surface area contributed by atoms with Crippen LogP contribution in [0.15, 0.2) is 29.6 Å². The number of carboxylic acid groups (broad SMARTS) is 1. The fraction of sp³-hybridized carbons (Fsp3) is 0.421. The molecule has 7 heteroatoms. The minimum Gasteiger partial charge on any atom is -0.481 e. The average molecular weight is 374 g/mol. The SMILES string of the molecule is O=C(c1csc(Cc2ccc(F)cc2)n1)N1C[C@@H]2CCC[C@@]2(C(=O)O)C1. The molecule has 1 amide bonds. The third kappa shape index (κ3) is 2.90. The van der Waals surface area contributed by atoms with Gasteiger partial charge in [0.05, 0.1) is 10.4 Å². The van der Waals surface area contributed by atoms with E-state index < -0.39 is 11.4 Å². The Balaban J connectivity index is 1.47. The van der Waals surface area contributed by atoms with Gasteiger partial charge in [-0.25, -0.2) is 9.37 Å². The summed E-state index contributed by atoms with van der Waals surface area (Å²) in [6, 6.07) is 6.22. The Morgan fingerprint density at radius 2 is 2.12 bits per heavy atom. The fourth-order valence-electron chi connectivity index (χ4n) is 4.22. The summed E-state index contributed by atoms with van der Waals surface area (Å²) in [6.45, 7) is 0.770. The number of thiazole rings is 1. The van der Waals surface area contributed by atoms with E-state index in [1.165, 1.54) is 23.5 Å². The molecule has 1 aliphatic carbocycles. The zero-order chi connectivity index (χ0) is 18.3. The molecule has 0 spiro atoms. The topological polar surface area (TPSA) is 70.5 Å². The van der Waals surface area contributed by atoms with Crippen LogP contribution in [0.3, 0.4) is 0 Å². The number of nitrogens with zero attached hydrogens (tertiary/aromatic N) is 2. The summed E-state index contributed by atoms with van der Waals surface area (Å²) in [5.41, 5.74) is 0.524. The van der Waals surface area contributed by atoms with E-state index >= 15 is 0 Å². The number of carbonyl (C=O) groups excluding carboxylic acids is 1. The average Bonchev–Trinajstić information content (AvgIpc) is 3.30. The number of likely N-dealkylation sites (tertiary alicyclic amines) is 1. The number of aliphatic carboxylic acids is 1. The summed E-state index contributed by atoms with van der Waals surface area (Å²) in [5.74, 6) is -1.22. The predicted octanol–water partition coefficient (Wildman–Crippen LogP) is 3.20. The van der Waals surface area contributed by atoms with Crippen molar-refractivity contribution in [2.24, 2.45) is 11.3 Å². The highest BCUT2D eigenvalue weighted by Gasteiger charge is 2.55. The van der Waals surface area contributed by atoms with Crippen molar-refractivity contribution in [2.45, 2.75) is 25.7 Å². The molecular formula is C19H19FN2O3S. The maximum absolute atomic E-state index is 13.0. The highest BCUT2D eigenvalue weighted by Crippen LogP contribution is 2.49. The van der Waals surface area contributed by atoms with Gasteiger partial charge in [0, 0.05) is 24.9 Å². The number of amides is 1. The first kappa shape index (κ1) is 17.1. The molecule has 26 heavy (non-hydrogen) atoms. The number of aromatic nitrogens is 1. The molecule has 1 aromatic carbocycles. The van der Waals surface area contributed by atoms with E-state index in [1.807, 2.05) is 0 Å². The van der Waals surface area contributed by atoms with Gasteiger partial charge in [-0.2, -0.15) is 0 Å². The lowest BCUT2D eigenvalue weighted by atomic mass is 9.81. The number of halogens is 1. The molecule has 2 heterocycles. The van der Waals surface area contributed by atoms with E-state index in [9.17, 15) is 19.1 Å². The molecule has 0 bridgehead atoms. The van der Waals surface area contributed by atoms with Crippen LogP contribution in [-0.2, 0) is 11.2 Å². The summed E-state index contributed by atoms with van der Waals surface area (Å²) in [7, 11) is 0. The van der Waals surface area contributed by atoms with Gasteiger partial charge in [-0.1, -0.05) is 18.6 Å². The smallest absolute Gasteiger partial charge is 0.311 e. The largest absolute Gasteiger partial charge is 0.481 e. The first-order valence-corrected chi connectivity index (χ1v) is 9.57. The first-order valence-electron chi connectivity index (χ1n) is 8.69. The zero-order valence-corrected chi connectivity index (χ0v) is 15.0. The Kier molecular flexibility index (Phi) is 4.26. The van der Waals surface area contributed by atoms with Gasteiger partial charge in [-0.15, -0.1) is 11.3 Å². The van der Waals surface area contributed by atoms with Crippen LogP contribution in [0.4, 0.5) is 4.39 Å². The molecule has 2 aliphatic rings. The van der Waals surface area contributed by atoms with Crippen LogP contribution in [0, 0.1) is 17.2 Å². The van der Waals surface area contributed by atoms with Crippen LogP contribution < -0.4 is 0 Å². The molecule has 0 unspecified atom stereocenters. The van der Waals surface area contributed by atoms with Crippen molar-refractivity contribution < 1.29 is 19.1 Å². The summed E-state index contributed by atoms with van der Waals surface area (Å²) in [4.78, 5) is 30.6. The minimum atomic E-state index is -0.787. The van der Waals surface area contributed by atoms with Crippen LogP contribution in [0.1, 0.15) is 40.3 Å². The molecule has 1 saturated carbocycles. The quantitative estimate of drug-likeness (QED) is 0.892. The van der Waals surface area contributed by atoms with E-state index in [1.54, 1.807) is 22.4 Å². The van der Waals surface area contributed by atoms with Gasteiger partial charge in [0.25, 0.3) is 5.91 Å². The van der Waals surface area contributed by atoms with E-state index in [0.29, 0.717) is 25.1 Å². The Hall–Kier alpha value is -2.28. The van der Waals surface area contributed by atoms with Crippen LogP contribution in [0.25, 0.3) is 0 Å². The molecule has 2 atom stereocenters. The molecule has 1 aromatic heterocycles. The maximum Gasteiger partial charge on any atom is 0.311 e. The van der Waals surface area contributed by atoms with Crippen molar-refractivity contribution in [3.05, 3.63) is 51.7 Å². The molecule has 0 radical (unpaired) electrons. The highest BCUT2D eigenvalue weighted by molar-refractivity contribution is 7.09. The Bertz CT molecular complexity index is 851. The third-order valence-electron chi connectivity index (χ3n) is 5.62. The van der Waals surface area contributed by atoms with E-state index in [0.717, 1.165) is 23.4 Å². The molecule has 1 N–H and O–H groups in total. The van der Waals surface area contributed by atoms with Gasteiger partial charge >= 0.3 is 5.97 Å². The number of carboxylic acids is 1. The fourth-order valence-corrected chi connectivity index (χ4v) is 5.03. The van der Waals surface area contributed by atoms with Crippen molar-refractivity contribution in [3.63, 3.8) is 0 Å². The molecule has 136 valence electrons. The number of hydrogen-bond acceptors (Lipinski definition) is 4. The van der Waals surface area contributed by atoms with Crippen molar-refractivity contribution in [1.29, 1.82) is 0 Å². The van der Waals surface area contributed by atoms with Crippen molar-refractivity contribution in [3.8, 4) is 0 Å². The van der Waals surface area contributed by atoms with Crippen molar-refractivity contribution in [2.75, 3.05) is 13.1 Å². The number of hydrogen-bond donors (Lipinski definition) is 1. The second-order valence-corrected chi connectivity index (χ2v) is 8.11. The standard InChI is InChI=1S/C19H19FN2O3S/c20-14-5-3-12(4-6-14)8-16-21-15(10-26-16)17(23)22-9-13-2-1-7-19(13,11-22)18(24)25/h3-6,10,13H,1-2,7-9,11H2,(H,24,25)/t13-,19+/m0/s1. The van der Waals surface area contributed by atoms with Crippen LogP contribution in [-0.4, -0.2) is 40.0 Å². The first-order chi connectivity index (χ1) is 12.5. The summed E-state index contributed by atoms with van der Waals surface area (Å²) < 4.78 is 13.0. The highest BCUT2D eigenvalue weighted by atomic mass is 32.1. The van der Waals surface area contributed by atoms with E-state index in [-0.39, 0.29) is 24.2 Å². The lowest BCUT2D eigenvalue weighted by Gasteiger charge is -2.23. The number of fused-ring (bicyclic) bond motifs is 1. The Morgan fingerprint density at radius 3 is 2.81 bits per heavy atom. The molecule has 4 rings (SSSR count). The van der Waals surface area contributed by atoms with Crippen molar-refractivity contribution >= 4 is 23.2 Å². The van der Waals surface area contributed by atoms with Gasteiger partial charge in [-0.3, -0.25) is 9.59 Å². The number of carbonyl (C=O) groups is 2.